The number of aliphatic imine (C=N–C) groups is 1. The first-order valence-corrected chi connectivity index (χ1v) is 9.85. The zero-order valence-corrected chi connectivity index (χ0v) is 17.3. The Bertz CT molecular complexity index is 1170. The predicted octanol–water partition coefficient (Wildman–Crippen LogP) is 3.84. The monoisotopic (exact) mass is 418 g/mol. The number of halogens is 1. The molecular weight excluding hydrogens is 395 g/mol. The molecule has 4 aromatic rings. The maximum atomic E-state index is 14.4. The molecule has 7 nitrogen and oxygen atoms in total. The van der Waals surface area contributed by atoms with Crippen LogP contribution in [0.15, 0.2) is 76.9 Å². The minimum atomic E-state index is -0.313. The zero-order chi connectivity index (χ0) is 21.6. The first kappa shape index (κ1) is 20.3. The molecule has 2 N–H and O–H groups in total. The molecule has 2 heterocycles. The molecule has 0 spiro atoms. The molecule has 2 aromatic carbocycles. The molecule has 0 saturated carbocycles. The number of rotatable bonds is 6. The summed E-state index contributed by atoms with van der Waals surface area (Å²) in [5, 5.41) is 6.37. The highest BCUT2D eigenvalue weighted by atomic mass is 19.1. The van der Waals surface area contributed by atoms with Crippen LogP contribution in [0, 0.1) is 12.7 Å². The molecule has 0 atom stereocenters. The van der Waals surface area contributed by atoms with Gasteiger partial charge in [0.1, 0.15) is 12.1 Å². The molecule has 0 aliphatic heterocycles. The van der Waals surface area contributed by atoms with Crippen molar-refractivity contribution in [1.82, 2.24) is 25.2 Å². The number of aryl methyl sites for hydroxylation is 1. The Hall–Kier alpha value is -3.94. The van der Waals surface area contributed by atoms with Crippen LogP contribution < -0.4 is 10.6 Å². The summed E-state index contributed by atoms with van der Waals surface area (Å²) in [6.07, 6.45) is 6.51. The Morgan fingerprint density at radius 3 is 2.65 bits per heavy atom. The number of hydrogen-bond donors (Lipinski definition) is 2. The summed E-state index contributed by atoms with van der Waals surface area (Å²) < 4.78 is 21.6. The number of guanidine groups is 1. The molecule has 31 heavy (non-hydrogen) atoms. The maximum absolute atomic E-state index is 14.4. The molecule has 4 rings (SSSR count). The first-order valence-electron chi connectivity index (χ1n) is 9.85. The maximum Gasteiger partial charge on any atom is 0.226 e. The zero-order valence-electron chi connectivity index (χ0n) is 17.3. The molecule has 0 radical (unpaired) electrons. The molecule has 0 fully saturated rings. The van der Waals surface area contributed by atoms with E-state index in [0.29, 0.717) is 30.6 Å². The first-order chi connectivity index (χ1) is 15.1. The van der Waals surface area contributed by atoms with E-state index in [2.05, 4.69) is 25.6 Å². The van der Waals surface area contributed by atoms with Crippen LogP contribution in [0.25, 0.3) is 17.1 Å². The summed E-state index contributed by atoms with van der Waals surface area (Å²) in [4.78, 5) is 12.7. The lowest BCUT2D eigenvalue weighted by Gasteiger charge is -2.12. The molecule has 0 aliphatic carbocycles. The summed E-state index contributed by atoms with van der Waals surface area (Å²) in [6, 6.07) is 13.1. The van der Waals surface area contributed by atoms with Crippen LogP contribution >= 0.6 is 0 Å². The number of aromatic nitrogens is 3. The van der Waals surface area contributed by atoms with Gasteiger partial charge in [0.05, 0.1) is 24.3 Å². The van der Waals surface area contributed by atoms with Gasteiger partial charge in [0.2, 0.25) is 5.89 Å². The van der Waals surface area contributed by atoms with Gasteiger partial charge in [0, 0.05) is 31.5 Å². The average Bonchev–Trinajstić information content (AvgIpc) is 3.47. The molecular formula is C23H23FN6O. The van der Waals surface area contributed by atoms with Crippen LogP contribution in [-0.2, 0) is 13.1 Å². The SMILES string of the molecule is CN=C(NCc1ccc(-n2ccnc2)c(F)c1)NCc1coc(-c2ccc(C)cc2)n1. The number of hydrogen-bond acceptors (Lipinski definition) is 4. The molecule has 8 heteroatoms. The number of nitrogens with one attached hydrogen (secondary N) is 2. The van der Waals surface area contributed by atoms with Crippen LogP contribution in [-0.4, -0.2) is 27.5 Å². The topological polar surface area (TPSA) is 80.3 Å². The molecule has 158 valence electrons. The number of nitrogens with zero attached hydrogens (tertiary/aromatic N) is 4. The molecule has 2 aromatic heterocycles. The van der Waals surface area contributed by atoms with Gasteiger partial charge in [-0.1, -0.05) is 23.8 Å². The minimum Gasteiger partial charge on any atom is -0.444 e. The average molecular weight is 418 g/mol. The molecule has 0 aliphatic rings. The third-order valence-electron chi connectivity index (χ3n) is 4.77. The van der Waals surface area contributed by atoms with E-state index in [9.17, 15) is 4.39 Å². The lowest BCUT2D eigenvalue weighted by atomic mass is 10.1. The molecule has 0 amide bonds. The molecule has 0 saturated heterocycles. The Labute approximate surface area is 179 Å². The van der Waals surface area contributed by atoms with E-state index >= 15 is 0 Å². The number of oxazole rings is 1. The van der Waals surface area contributed by atoms with Gasteiger partial charge in [-0.05, 0) is 36.8 Å². The van der Waals surface area contributed by atoms with E-state index in [-0.39, 0.29) is 5.82 Å². The normalized spacial score (nSPS) is 11.5. The molecule has 0 bridgehead atoms. The van der Waals surface area contributed by atoms with Crippen molar-refractivity contribution in [2.45, 2.75) is 20.0 Å². The summed E-state index contributed by atoms with van der Waals surface area (Å²) in [5.41, 5.74) is 4.13. The second-order valence-electron chi connectivity index (χ2n) is 7.05. The van der Waals surface area contributed by atoms with Crippen molar-refractivity contribution in [2.75, 3.05) is 7.05 Å². The Kier molecular flexibility index (Phi) is 6.07. The Morgan fingerprint density at radius 2 is 1.94 bits per heavy atom. The van der Waals surface area contributed by atoms with Crippen molar-refractivity contribution in [1.29, 1.82) is 0 Å². The van der Waals surface area contributed by atoms with Gasteiger partial charge in [-0.2, -0.15) is 0 Å². The van der Waals surface area contributed by atoms with Gasteiger partial charge in [-0.15, -0.1) is 0 Å². The van der Waals surface area contributed by atoms with Gasteiger partial charge in [-0.25, -0.2) is 14.4 Å². The Morgan fingerprint density at radius 1 is 1.13 bits per heavy atom. The number of imidazole rings is 1. The number of benzene rings is 2. The highest BCUT2D eigenvalue weighted by molar-refractivity contribution is 5.79. The van der Waals surface area contributed by atoms with Crippen LogP contribution in [0.3, 0.4) is 0 Å². The van der Waals surface area contributed by atoms with Gasteiger partial charge >= 0.3 is 0 Å². The van der Waals surface area contributed by atoms with Gasteiger partial charge in [0.25, 0.3) is 0 Å². The van der Waals surface area contributed by atoms with Gasteiger partial charge < -0.3 is 19.6 Å². The highest BCUT2D eigenvalue weighted by Crippen LogP contribution is 2.19. The lowest BCUT2D eigenvalue weighted by molar-refractivity contribution is 0.572. The third kappa shape index (κ3) is 4.98. The third-order valence-corrected chi connectivity index (χ3v) is 4.77. The van der Waals surface area contributed by atoms with Crippen molar-refractivity contribution >= 4 is 5.96 Å². The van der Waals surface area contributed by atoms with E-state index in [1.165, 1.54) is 11.6 Å². The summed E-state index contributed by atoms with van der Waals surface area (Å²) in [5.74, 6) is 0.846. The van der Waals surface area contributed by atoms with Gasteiger partial charge in [0.15, 0.2) is 5.96 Å². The fourth-order valence-electron chi connectivity index (χ4n) is 3.07. The quantitative estimate of drug-likeness (QED) is 0.367. The van der Waals surface area contributed by atoms with Crippen LogP contribution in [0.5, 0.6) is 0 Å². The van der Waals surface area contributed by atoms with Crippen molar-refractivity contribution in [3.8, 4) is 17.1 Å². The summed E-state index contributed by atoms with van der Waals surface area (Å²) in [6.45, 7) is 2.91. The molecule has 0 unspecified atom stereocenters. The second kappa shape index (κ2) is 9.25. The fourth-order valence-corrected chi connectivity index (χ4v) is 3.07. The second-order valence-corrected chi connectivity index (χ2v) is 7.05. The summed E-state index contributed by atoms with van der Waals surface area (Å²) >= 11 is 0. The van der Waals surface area contributed by atoms with Crippen LogP contribution in [0.2, 0.25) is 0 Å². The lowest BCUT2D eigenvalue weighted by Crippen LogP contribution is -2.36. The smallest absolute Gasteiger partial charge is 0.226 e. The van der Waals surface area contributed by atoms with E-state index in [0.717, 1.165) is 16.8 Å². The van der Waals surface area contributed by atoms with E-state index in [1.807, 2.05) is 37.3 Å². The van der Waals surface area contributed by atoms with Crippen molar-refractivity contribution in [3.05, 3.63) is 90.1 Å². The van der Waals surface area contributed by atoms with Crippen LogP contribution in [0.4, 0.5) is 4.39 Å². The largest absolute Gasteiger partial charge is 0.444 e. The van der Waals surface area contributed by atoms with E-state index in [4.69, 9.17) is 4.42 Å². The highest BCUT2D eigenvalue weighted by Gasteiger charge is 2.09. The predicted molar refractivity (Wildman–Crippen MR) is 117 cm³/mol. The fraction of sp³-hybridized carbons (Fsp3) is 0.174. The minimum absolute atomic E-state index is 0.313. The standard InChI is InChI=1S/C23H23FN6O/c1-16-3-6-18(7-4-16)22-29-19(14-31-22)13-28-23(25-2)27-12-17-5-8-21(20(24)11-17)30-10-9-26-15-30/h3-11,14-15H,12-13H2,1-2H3,(H2,25,27,28). The van der Waals surface area contributed by atoms with Crippen molar-refractivity contribution in [3.63, 3.8) is 0 Å². The summed E-state index contributed by atoms with van der Waals surface area (Å²) in [7, 11) is 1.68. The van der Waals surface area contributed by atoms with Crippen molar-refractivity contribution in [2.24, 2.45) is 4.99 Å². The van der Waals surface area contributed by atoms with E-state index < -0.39 is 0 Å². The van der Waals surface area contributed by atoms with Crippen LogP contribution in [0.1, 0.15) is 16.8 Å². The van der Waals surface area contributed by atoms with Gasteiger partial charge in [-0.3, -0.25) is 4.99 Å². The van der Waals surface area contributed by atoms with E-state index in [1.54, 1.807) is 42.7 Å². The van der Waals surface area contributed by atoms with Crippen molar-refractivity contribution < 1.29 is 8.81 Å². The Balaban J connectivity index is 1.32.